The van der Waals surface area contributed by atoms with Crippen LogP contribution in [-0.2, 0) is 74.1 Å². The molecule has 3 aromatic carbocycles. The maximum Gasteiger partial charge on any atom is 0.408 e. The fourth-order valence-electron chi connectivity index (χ4n) is 12.1. The first-order chi connectivity index (χ1) is 56.1. The van der Waals surface area contributed by atoms with E-state index in [0.29, 0.717) is 51.6 Å². The first-order valence-corrected chi connectivity index (χ1v) is 37.2. The number of aromatic nitrogens is 10. The molecule has 4 aliphatic heterocycles. The highest BCUT2D eigenvalue weighted by atomic mass is 79.9. The molecule has 0 radical (unpaired) electrons. The molecule has 33 nitrogen and oxygen atoms in total. The molecule has 10 aromatic rings. The minimum absolute atomic E-state index is 0. The number of amides is 8. The van der Waals surface area contributed by atoms with E-state index in [4.69, 9.17) is 34.8 Å². The molecule has 4 aliphatic rings. The van der Waals surface area contributed by atoms with Gasteiger partial charge in [-0.1, -0.05) is 70.1 Å². The molecule has 3 atom stereocenters. The maximum atomic E-state index is 13.2. The largest absolute Gasteiger partial charge is 0.497 e. The number of halogens is 3. The smallest absolute Gasteiger partial charge is 0.408 e. The number of ether oxygens (including phenoxy) is 7. The average Bonchev–Trinajstić information content (AvgIpc) is 1.64. The van der Waals surface area contributed by atoms with E-state index < -0.39 is 52.7 Å². The number of urea groups is 1. The van der Waals surface area contributed by atoms with Crippen LogP contribution in [0.3, 0.4) is 0 Å². The number of aryl methyl sites for hydroxylation is 3. The van der Waals surface area contributed by atoms with Crippen LogP contribution in [0.15, 0.2) is 179 Å². The van der Waals surface area contributed by atoms with Crippen LogP contribution < -0.4 is 35.5 Å². The van der Waals surface area contributed by atoms with Crippen molar-refractivity contribution in [2.75, 3.05) is 69.4 Å². The summed E-state index contributed by atoms with van der Waals surface area (Å²) in [5.74, 6) is 12.2. The first-order valence-electron chi connectivity index (χ1n) is 34.8. The third kappa shape index (κ3) is 22.7. The highest BCUT2D eigenvalue weighted by Gasteiger charge is 2.50. The summed E-state index contributed by atoms with van der Waals surface area (Å²) in [6.45, 7) is 0.0846. The van der Waals surface area contributed by atoms with Crippen LogP contribution in [0.5, 0.6) is 17.2 Å². The van der Waals surface area contributed by atoms with Crippen molar-refractivity contribution in [3.63, 3.8) is 0 Å². The van der Waals surface area contributed by atoms with Crippen LogP contribution in [-0.4, -0.2) is 204 Å². The van der Waals surface area contributed by atoms with Gasteiger partial charge in [-0.25, -0.2) is 24.0 Å². The van der Waals surface area contributed by atoms with Gasteiger partial charge < -0.3 is 53.2 Å². The molecule has 0 saturated carbocycles. The molecule has 11 heterocycles. The lowest BCUT2D eigenvalue weighted by atomic mass is 9.98. The van der Waals surface area contributed by atoms with Crippen molar-refractivity contribution in [1.82, 2.24) is 85.2 Å². The molecular formula is C84H86Br3N17O16. The minimum atomic E-state index is -1.92. The Balaban J connectivity index is 0.000000220. The second kappa shape index (κ2) is 41.9. The van der Waals surface area contributed by atoms with Gasteiger partial charge in [0.15, 0.2) is 0 Å². The molecule has 1 saturated heterocycles. The van der Waals surface area contributed by atoms with E-state index >= 15 is 0 Å². The lowest BCUT2D eigenvalue weighted by molar-refractivity contribution is -0.147. The number of alkyl carbamates (subject to hydrolysis) is 2. The normalized spacial score (nSPS) is 14.3. The van der Waals surface area contributed by atoms with Gasteiger partial charge in [-0.2, -0.15) is 15.3 Å². The number of hydrogen-bond acceptors (Lipinski definition) is 23. The monoisotopic (exact) mass is 1830 g/mol. The number of imide groups is 1. The van der Waals surface area contributed by atoms with Gasteiger partial charge >= 0.3 is 30.2 Å². The molecule has 120 heavy (non-hydrogen) atoms. The van der Waals surface area contributed by atoms with E-state index in [-0.39, 0.29) is 72.7 Å². The Morgan fingerprint density at radius 1 is 0.475 bits per heavy atom. The number of carbonyl (C=O) groups excluding carboxylic acids is 9. The molecule has 8 amide bonds. The fourth-order valence-corrected chi connectivity index (χ4v) is 13.5. The Labute approximate surface area is 717 Å². The van der Waals surface area contributed by atoms with Crippen LogP contribution in [0.2, 0.25) is 0 Å². The topological polar surface area (TPSA) is 381 Å². The minimum Gasteiger partial charge on any atom is -0.497 e. The molecule has 0 unspecified atom stereocenters. The molecular weight excluding hydrogens is 1740 g/mol. The van der Waals surface area contributed by atoms with E-state index in [1.54, 1.807) is 125 Å². The van der Waals surface area contributed by atoms with Crippen molar-refractivity contribution in [2.24, 2.45) is 21.1 Å². The van der Waals surface area contributed by atoms with E-state index in [1.165, 1.54) is 49.3 Å². The van der Waals surface area contributed by atoms with E-state index in [0.717, 1.165) is 84.8 Å². The lowest BCUT2D eigenvalue weighted by Crippen LogP contribution is -2.60. The highest BCUT2D eigenvalue weighted by molar-refractivity contribution is 9.11. The number of pyridine rings is 4. The van der Waals surface area contributed by atoms with E-state index in [1.807, 2.05) is 69.3 Å². The molecule has 0 aliphatic carbocycles. The summed E-state index contributed by atoms with van der Waals surface area (Å²) in [6, 6.07) is 22.4. The predicted molar refractivity (Wildman–Crippen MR) is 453 cm³/mol. The number of rotatable bonds is 16. The van der Waals surface area contributed by atoms with Crippen molar-refractivity contribution in [3.05, 3.63) is 224 Å². The Hall–Kier alpha value is -13.8. The maximum absolute atomic E-state index is 13.2. The van der Waals surface area contributed by atoms with Gasteiger partial charge in [-0.05, 0) is 125 Å². The number of esters is 2. The molecule has 0 bridgehead atoms. The van der Waals surface area contributed by atoms with Gasteiger partial charge in [0.25, 0.3) is 23.6 Å². The molecule has 14 rings (SSSR count). The zero-order valence-corrected chi connectivity index (χ0v) is 69.1. The molecule has 0 spiro atoms. The summed E-state index contributed by atoms with van der Waals surface area (Å²) in [5, 5.41) is 22.0. The van der Waals surface area contributed by atoms with Crippen molar-refractivity contribution < 1.29 is 76.3 Å². The summed E-state index contributed by atoms with van der Waals surface area (Å²) < 4.78 is 42.6. The third-order valence-electron chi connectivity index (χ3n) is 17.9. The first kappa shape index (κ1) is 93.4. The van der Waals surface area contributed by atoms with E-state index in [2.05, 4.69) is 139 Å². The van der Waals surface area contributed by atoms with Gasteiger partial charge in [-0.3, -0.25) is 69.1 Å². The fraction of sp³-hybridized carbons (Fsp3) is 0.262. The molecule has 7 aromatic heterocycles. The zero-order chi connectivity index (χ0) is 84.3. The van der Waals surface area contributed by atoms with Gasteiger partial charge in [-0.15, -0.1) is 6.42 Å². The van der Waals surface area contributed by atoms with Crippen molar-refractivity contribution >= 4 is 102 Å². The Kier molecular flexibility index (Phi) is 32.6. The number of benzene rings is 3. The Morgan fingerprint density at radius 2 is 0.850 bits per heavy atom. The Bertz CT molecular complexity index is 5630. The number of methoxy groups -OCH3 is 7. The molecule has 624 valence electrons. The van der Waals surface area contributed by atoms with Gasteiger partial charge in [0.05, 0.1) is 88.0 Å². The van der Waals surface area contributed by atoms with Crippen LogP contribution in [0.25, 0.3) is 33.4 Å². The van der Waals surface area contributed by atoms with Gasteiger partial charge in [0.2, 0.25) is 16.6 Å². The highest BCUT2D eigenvalue weighted by Crippen LogP contribution is 2.33. The predicted octanol–water partition coefficient (Wildman–Crippen LogP) is 10.2. The Morgan fingerprint density at radius 3 is 1.22 bits per heavy atom. The number of nitrogens with zero attached hydrogens (tertiary/aromatic N) is 13. The van der Waals surface area contributed by atoms with Crippen LogP contribution in [0.4, 0.5) is 14.4 Å². The summed E-state index contributed by atoms with van der Waals surface area (Å²) in [7, 11) is 14.7. The van der Waals surface area contributed by atoms with E-state index in [9.17, 15) is 43.2 Å². The van der Waals surface area contributed by atoms with Crippen LogP contribution >= 0.6 is 47.8 Å². The second-order valence-corrected chi connectivity index (χ2v) is 28.6. The SMILES string of the molecule is Brc1cncc(Br)c1.C.C.C.C#C[C@](CN1Cc2ccc(OC)cc2C1=O)(NC(=O)OC)C(=O)OC.COC(=O)N[C@](C#Cc1cncc(-c2cnn(C)c2)c1)(CN1Cc2ccc(OC)cc2C1=O)C(=O)OC.COc1ccc2c(c1)C(=O)N(C[C@@]1(C#Cc3cncc(-c4cnn(C)c4)c3)NC(=O)NC1=O)C2.Cn1cc(-c2cncc(Br)c2)cn1. The number of carbonyl (C=O) groups is 9. The number of terminal acetylenes is 1. The van der Waals surface area contributed by atoms with Crippen molar-refractivity contribution in [2.45, 2.75) is 58.5 Å². The average molecular weight is 1830 g/mol. The summed E-state index contributed by atoms with van der Waals surface area (Å²) in [4.78, 5) is 134. The van der Waals surface area contributed by atoms with Crippen LogP contribution in [0.1, 0.15) is 81.2 Å². The number of fused-ring (bicyclic) bond motifs is 3. The molecule has 36 heteroatoms. The van der Waals surface area contributed by atoms with Gasteiger partial charge in [0.1, 0.15) is 17.2 Å². The standard InChI is InChI=1S/C26H25N5O6.C24H20N6O4.C17H18N2O6.C9H8BrN3.C5H3Br2N.3CH4/c1-30-14-20(13-28-30)19-9-17(11-27-12-19)7-8-26(24(33)36-3,29-25(34)37-4)16-31-15-18-5-6-21(35-2)10-22(18)23(31)32;1-29-12-18(11-26-29)17-7-15(9-25-10-17)5-6-24(22(32)27-23(33)28-24)14-30-13-16-3-4-19(34-2)8-20(16)21(30)31;1-5-17(15(21)24-3,18-16(22)25-4)10-19-9-11-6-7-12(23-2)8-13(11)14(19)20;1-13-6-8(4-12-13)7-2-9(10)5-11-3-7;6-4-1-5(7)3-8-2-4;;;/h5-6,9-14H,15-16H2,1-4H3,(H,29,34);3-4,7-12H,13-14H2,1-2H3,(H2,27,28,32,33);1,6-8H,9-10H2,2-4H3,(H,18,22);2-6H,1H3;1-3H;3*1H4/t26-;24-;17-;;;;;/m111...../s1. The molecule has 1 fully saturated rings. The van der Waals surface area contributed by atoms with Crippen LogP contribution in [0, 0.1) is 36.0 Å². The number of nitrogens with one attached hydrogen (secondary N) is 4. The van der Waals surface area contributed by atoms with Crippen molar-refractivity contribution in [3.8, 4) is 86.7 Å². The van der Waals surface area contributed by atoms with Crippen molar-refractivity contribution in [1.29, 1.82) is 0 Å². The third-order valence-corrected chi connectivity index (χ3v) is 19.2. The summed E-state index contributed by atoms with van der Waals surface area (Å²) >= 11 is 9.92. The quantitative estimate of drug-likeness (QED) is 0.0302. The number of hydrogen-bond donors (Lipinski definition) is 4. The summed E-state index contributed by atoms with van der Waals surface area (Å²) in [5.41, 5.74) is 4.81. The lowest BCUT2D eigenvalue weighted by Gasteiger charge is -2.30. The zero-order valence-electron chi connectivity index (χ0n) is 64.4. The summed E-state index contributed by atoms with van der Waals surface area (Å²) in [6.07, 6.45) is 28.1. The van der Waals surface area contributed by atoms with Gasteiger partial charge in [0, 0.05) is 184 Å². The second-order valence-electron chi connectivity index (χ2n) is 25.9. The molecule has 4 N–H and O–H groups in total.